The maximum Gasteiger partial charge on any atom is 0.243 e. The highest BCUT2D eigenvalue weighted by Crippen LogP contribution is 2.63. The third-order valence-corrected chi connectivity index (χ3v) is 4.18. The highest BCUT2D eigenvalue weighted by molar-refractivity contribution is 6.71. The zero-order valence-corrected chi connectivity index (χ0v) is 7.66. The quantitative estimate of drug-likeness (QED) is 0.462. The lowest BCUT2D eigenvalue weighted by molar-refractivity contribution is -0.112. The van der Waals surface area contributed by atoms with Gasteiger partial charge in [0.25, 0.3) is 0 Å². The first-order valence-corrected chi connectivity index (χ1v) is 4.82. The first-order chi connectivity index (χ1) is 5.17. The van der Waals surface area contributed by atoms with Crippen LogP contribution in [0.2, 0.25) is 0 Å². The number of halogens is 2. The summed E-state index contributed by atoms with van der Waals surface area (Å²) >= 11 is 11.5. The summed E-state index contributed by atoms with van der Waals surface area (Å²) < 4.78 is 0. The Bertz CT molecular complexity index is 190. The third-order valence-electron chi connectivity index (χ3n) is 3.04. The van der Waals surface area contributed by atoms with Crippen LogP contribution >= 0.6 is 23.2 Å². The Morgan fingerprint density at radius 1 is 1.27 bits per heavy atom. The molecule has 3 heteroatoms. The highest BCUT2D eigenvalue weighted by Gasteiger charge is 2.67. The van der Waals surface area contributed by atoms with E-state index in [9.17, 15) is 4.79 Å². The predicted molar refractivity (Wildman–Crippen MR) is 44.9 cm³/mol. The van der Waals surface area contributed by atoms with Crippen LogP contribution in [0.5, 0.6) is 0 Å². The molecule has 0 bridgehead atoms. The van der Waals surface area contributed by atoms with Crippen LogP contribution in [0.1, 0.15) is 25.7 Å². The number of carbonyl (C=O) groups is 1. The van der Waals surface area contributed by atoms with E-state index in [0.717, 1.165) is 12.8 Å². The van der Waals surface area contributed by atoms with E-state index < -0.39 is 4.87 Å². The van der Waals surface area contributed by atoms with Gasteiger partial charge in [0.15, 0.2) is 0 Å². The van der Waals surface area contributed by atoms with Crippen molar-refractivity contribution in [3.05, 3.63) is 0 Å². The van der Waals surface area contributed by atoms with E-state index in [0.29, 0.717) is 11.8 Å². The molecular weight excluding hydrogens is 183 g/mol. The van der Waals surface area contributed by atoms with Gasteiger partial charge in [0.05, 0.1) is 0 Å². The van der Waals surface area contributed by atoms with Crippen LogP contribution in [0.4, 0.5) is 0 Å². The van der Waals surface area contributed by atoms with Crippen molar-refractivity contribution < 1.29 is 4.79 Å². The molecule has 0 spiro atoms. The Hall–Kier alpha value is 0.250. The topological polar surface area (TPSA) is 17.1 Å². The molecule has 2 unspecified atom stereocenters. The molecule has 0 saturated heterocycles. The smallest absolute Gasteiger partial charge is 0.243 e. The van der Waals surface area contributed by atoms with Crippen molar-refractivity contribution in [2.24, 2.45) is 11.8 Å². The fraction of sp³-hybridized carbons (Fsp3) is 0.875. The van der Waals surface area contributed by atoms with Gasteiger partial charge in [-0.25, -0.2) is 0 Å². The fourth-order valence-electron chi connectivity index (χ4n) is 2.34. The maximum absolute atomic E-state index is 10.9. The van der Waals surface area contributed by atoms with Crippen LogP contribution in [0.3, 0.4) is 0 Å². The van der Waals surface area contributed by atoms with Gasteiger partial charge in [0, 0.05) is 0 Å². The molecule has 0 amide bonds. The molecule has 0 heterocycles. The molecule has 2 fully saturated rings. The first kappa shape index (κ1) is 7.88. The van der Waals surface area contributed by atoms with Crippen molar-refractivity contribution in [3.8, 4) is 0 Å². The summed E-state index contributed by atoms with van der Waals surface area (Å²) in [6, 6.07) is 0. The van der Waals surface area contributed by atoms with E-state index in [1.54, 1.807) is 0 Å². The average molecular weight is 193 g/mol. The van der Waals surface area contributed by atoms with Crippen LogP contribution in [-0.2, 0) is 4.79 Å². The van der Waals surface area contributed by atoms with Gasteiger partial charge >= 0.3 is 0 Å². The summed E-state index contributed by atoms with van der Waals surface area (Å²) in [6.45, 7) is 0. The van der Waals surface area contributed by atoms with Crippen LogP contribution in [0.15, 0.2) is 0 Å². The number of fused-ring (bicyclic) bond motifs is 1. The van der Waals surface area contributed by atoms with E-state index in [2.05, 4.69) is 0 Å². The molecule has 62 valence electrons. The number of carbonyl (C=O) groups excluding carboxylic acids is 1. The van der Waals surface area contributed by atoms with Gasteiger partial charge in [0.1, 0.15) is 4.87 Å². The second kappa shape index (κ2) is 2.37. The minimum atomic E-state index is -0.655. The normalized spacial score (nSPS) is 48.2. The van der Waals surface area contributed by atoms with Crippen LogP contribution in [0.25, 0.3) is 0 Å². The minimum absolute atomic E-state index is 0.337. The standard InChI is InChI=1S/C8H10Cl2O/c9-7(11)8(10)5-3-1-2-4-6(5)8/h5-6H,1-4H2. The van der Waals surface area contributed by atoms with Crippen LogP contribution < -0.4 is 0 Å². The Kier molecular flexibility index (Phi) is 1.69. The van der Waals surface area contributed by atoms with Gasteiger partial charge in [-0.15, -0.1) is 11.6 Å². The lowest BCUT2D eigenvalue weighted by atomic mass is 10.0. The highest BCUT2D eigenvalue weighted by atomic mass is 35.5. The summed E-state index contributed by atoms with van der Waals surface area (Å²) in [5.41, 5.74) is 0. The lowest BCUT2D eigenvalue weighted by Gasteiger charge is -2.04. The number of rotatable bonds is 1. The van der Waals surface area contributed by atoms with E-state index in [-0.39, 0.29) is 5.24 Å². The van der Waals surface area contributed by atoms with Crippen molar-refractivity contribution in [3.63, 3.8) is 0 Å². The largest absolute Gasteiger partial charge is 0.279 e. The fourth-order valence-corrected chi connectivity index (χ4v) is 3.08. The average Bonchev–Trinajstić information content (AvgIpc) is 2.61. The Morgan fingerprint density at radius 2 is 1.73 bits per heavy atom. The van der Waals surface area contributed by atoms with E-state index in [4.69, 9.17) is 23.2 Å². The summed E-state index contributed by atoms with van der Waals surface area (Å²) in [6.07, 6.45) is 4.60. The van der Waals surface area contributed by atoms with Crippen molar-refractivity contribution in [1.29, 1.82) is 0 Å². The van der Waals surface area contributed by atoms with E-state index >= 15 is 0 Å². The van der Waals surface area contributed by atoms with Gasteiger partial charge in [-0.05, 0) is 36.3 Å². The third kappa shape index (κ3) is 0.940. The molecule has 2 rings (SSSR count). The predicted octanol–water partition coefficient (Wildman–Crippen LogP) is 2.55. The van der Waals surface area contributed by atoms with Gasteiger partial charge in [0.2, 0.25) is 5.24 Å². The second-order valence-corrected chi connectivity index (χ2v) is 4.51. The van der Waals surface area contributed by atoms with Gasteiger partial charge < -0.3 is 0 Å². The summed E-state index contributed by atoms with van der Waals surface area (Å²) in [5, 5.41) is -0.337. The van der Waals surface area contributed by atoms with E-state index in [1.165, 1.54) is 12.8 Å². The van der Waals surface area contributed by atoms with E-state index in [1.807, 2.05) is 0 Å². The Balaban J connectivity index is 2.14. The zero-order valence-electron chi connectivity index (χ0n) is 6.15. The van der Waals surface area contributed by atoms with Crippen molar-refractivity contribution in [1.82, 2.24) is 0 Å². The van der Waals surface area contributed by atoms with Crippen molar-refractivity contribution in [2.45, 2.75) is 30.6 Å². The molecule has 2 aliphatic carbocycles. The van der Waals surface area contributed by atoms with Crippen LogP contribution in [-0.4, -0.2) is 10.1 Å². The number of alkyl halides is 1. The SMILES string of the molecule is O=C(Cl)C1(Cl)C2CCCCC21. The van der Waals surface area contributed by atoms with Gasteiger partial charge in [-0.1, -0.05) is 12.8 Å². The first-order valence-electron chi connectivity index (χ1n) is 4.06. The maximum atomic E-state index is 10.9. The summed E-state index contributed by atoms with van der Waals surface area (Å²) in [4.78, 5) is 10.3. The van der Waals surface area contributed by atoms with Gasteiger partial charge in [-0.2, -0.15) is 0 Å². The second-order valence-electron chi connectivity index (χ2n) is 3.54. The molecule has 0 aromatic carbocycles. The van der Waals surface area contributed by atoms with Crippen molar-refractivity contribution in [2.75, 3.05) is 0 Å². The molecule has 0 aliphatic heterocycles. The lowest BCUT2D eigenvalue weighted by Crippen LogP contribution is -2.13. The molecule has 0 radical (unpaired) electrons. The van der Waals surface area contributed by atoms with Crippen LogP contribution in [0, 0.1) is 11.8 Å². The molecule has 11 heavy (non-hydrogen) atoms. The zero-order chi connectivity index (χ0) is 8.06. The molecule has 1 nitrogen and oxygen atoms in total. The number of hydrogen-bond acceptors (Lipinski definition) is 1. The molecule has 0 aromatic heterocycles. The summed E-state index contributed by atoms with van der Waals surface area (Å²) in [7, 11) is 0. The van der Waals surface area contributed by atoms with Gasteiger partial charge in [-0.3, -0.25) is 4.79 Å². The monoisotopic (exact) mass is 192 g/mol. The molecule has 0 N–H and O–H groups in total. The molecule has 2 aliphatic rings. The molecule has 2 saturated carbocycles. The Labute approximate surface area is 76.1 Å². The minimum Gasteiger partial charge on any atom is -0.279 e. The molecular formula is C8H10Cl2O. The van der Waals surface area contributed by atoms with Crippen molar-refractivity contribution >= 4 is 28.4 Å². The molecule has 0 aromatic rings. The summed E-state index contributed by atoms with van der Waals surface area (Å²) in [5.74, 6) is 0.783. The Morgan fingerprint density at radius 3 is 2.09 bits per heavy atom. The molecule has 2 atom stereocenters. The number of hydrogen-bond donors (Lipinski definition) is 0.